The van der Waals surface area contributed by atoms with Gasteiger partial charge in [0.15, 0.2) is 11.0 Å². The summed E-state index contributed by atoms with van der Waals surface area (Å²) in [6.45, 7) is 1.91. The Hall–Kier alpha value is -1.53. The molecule has 0 unspecified atom stereocenters. The van der Waals surface area contributed by atoms with Gasteiger partial charge in [-0.2, -0.15) is 0 Å². The summed E-state index contributed by atoms with van der Waals surface area (Å²) in [6, 6.07) is 5.58. The zero-order valence-electron chi connectivity index (χ0n) is 10.4. The van der Waals surface area contributed by atoms with Crippen LogP contribution in [0.1, 0.15) is 5.56 Å². The van der Waals surface area contributed by atoms with Crippen molar-refractivity contribution in [1.82, 2.24) is 14.8 Å². The zero-order valence-corrected chi connectivity index (χ0v) is 12.0. The van der Waals surface area contributed by atoms with Crippen LogP contribution in [0.3, 0.4) is 0 Å². The Morgan fingerprint density at radius 1 is 1.47 bits per heavy atom. The molecule has 0 amide bonds. The molecule has 7 heteroatoms. The summed E-state index contributed by atoms with van der Waals surface area (Å²) >= 11 is 7.22. The number of aliphatic carboxylic acids is 1. The van der Waals surface area contributed by atoms with Crippen LogP contribution in [-0.4, -0.2) is 31.6 Å². The van der Waals surface area contributed by atoms with Gasteiger partial charge in [0.2, 0.25) is 0 Å². The highest BCUT2D eigenvalue weighted by atomic mass is 35.5. The first kappa shape index (κ1) is 13.9. The van der Waals surface area contributed by atoms with Gasteiger partial charge in [-0.25, -0.2) is 0 Å². The maximum atomic E-state index is 10.6. The Morgan fingerprint density at radius 2 is 2.21 bits per heavy atom. The summed E-state index contributed by atoms with van der Waals surface area (Å²) in [5.41, 5.74) is 1.82. The Balaban J connectivity index is 2.36. The molecule has 0 bridgehead atoms. The molecule has 5 nitrogen and oxygen atoms in total. The van der Waals surface area contributed by atoms with E-state index in [-0.39, 0.29) is 5.75 Å². The molecule has 0 aliphatic carbocycles. The summed E-state index contributed by atoms with van der Waals surface area (Å²) in [5.74, 6) is -0.248. The van der Waals surface area contributed by atoms with E-state index in [2.05, 4.69) is 10.2 Å². The van der Waals surface area contributed by atoms with E-state index in [1.165, 1.54) is 0 Å². The van der Waals surface area contributed by atoms with E-state index in [0.717, 1.165) is 22.9 Å². The maximum Gasteiger partial charge on any atom is 0.313 e. The van der Waals surface area contributed by atoms with E-state index >= 15 is 0 Å². The van der Waals surface area contributed by atoms with E-state index in [1.807, 2.05) is 25.1 Å². The molecular weight excluding hydrogens is 286 g/mol. The smallest absolute Gasteiger partial charge is 0.313 e. The Morgan fingerprint density at radius 3 is 2.89 bits per heavy atom. The monoisotopic (exact) mass is 297 g/mol. The summed E-state index contributed by atoms with van der Waals surface area (Å²) in [7, 11) is 1.81. The van der Waals surface area contributed by atoms with Crippen LogP contribution < -0.4 is 0 Å². The van der Waals surface area contributed by atoms with Crippen LogP contribution in [0.4, 0.5) is 0 Å². The van der Waals surface area contributed by atoms with Gasteiger partial charge in [-0.05, 0) is 18.6 Å². The zero-order chi connectivity index (χ0) is 14.0. The largest absolute Gasteiger partial charge is 0.481 e. The lowest BCUT2D eigenvalue weighted by Gasteiger charge is -2.07. The minimum Gasteiger partial charge on any atom is -0.481 e. The van der Waals surface area contributed by atoms with Gasteiger partial charge in [-0.1, -0.05) is 35.5 Å². The number of benzene rings is 1. The van der Waals surface area contributed by atoms with Crippen molar-refractivity contribution in [2.45, 2.75) is 12.1 Å². The van der Waals surface area contributed by atoms with Crippen LogP contribution in [0.2, 0.25) is 5.02 Å². The molecule has 0 atom stereocenters. The number of carbonyl (C=O) groups is 1. The molecule has 0 saturated heterocycles. The first-order valence-corrected chi connectivity index (χ1v) is 6.86. The Kier molecular flexibility index (Phi) is 4.11. The third-order valence-corrected chi connectivity index (χ3v) is 4.08. The fourth-order valence-electron chi connectivity index (χ4n) is 1.65. The van der Waals surface area contributed by atoms with Crippen molar-refractivity contribution in [1.29, 1.82) is 0 Å². The third kappa shape index (κ3) is 2.90. The molecule has 0 saturated carbocycles. The fraction of sp³-hybridized carbons (Fsp3) is 0.250. The van der Waals surface area contributed by atoms with Gasteiger partial charge in [0.05, 0.1) is 5.75 Å². The number of thioether (sulfide) groups is 1. The number of hydrogen-bond acceptors (Lipinski definition) is 4. The molecule has 2 aromatic rings. The highest BCUT2D eigenvalue weighted by molar-refractivity contribution is 7.99. The topological polar surface area (TPSA) is 68.0 Å². The predicted octanol–water partition coefficient (Wildman–Crippen LogP) is 2.62. The fourth-order valence-corrected chi connectivity index (χ4v) is 2.46. The number of aromatic nitrogens is 3. The Bertz CT molecular complexity index is 627. The normalized spacial score (nSPS) is 10.7. The van der Waals surface area contributed by atoms with Crippen molar-refractivity contribution in [2.24, 2.45) is 7.05 Å². The maximum absolute atomic E-state index is 10.6. The molecule has 1 aromatic heterocycles. The average molecular weight is 298 g/mol. The van der Waals surface area contributed by atoms with E-state index in [0.29, 0.717) is 16.0 Å². The summed E-state index contributed by atoms with van der Waals surface area (Å²) < 4.78 is 1.77. The van der Waals surface area contributed by atoms with Crippen LogP contribution in [0, 0.1) is 6.92 Å². The summed E-state index contributed by atoms with van der Waals surface area (Å²) in [5, 5.41) is 18.0. The average Bonchev–Trinajstić information content (AvgIpc) is 2.72. The number of nitrogens with zero attached hydrogens (tertiary/aromatic N) is 3. The first-order valence-electron chi connectivity index (χ1n) is 5.50. The van der Waals surface area contributed by atoms with Crippen molar-refractivity contribution in [3.63, 3.8) is 0 Å². The number of rotatable bonds is 4. The predicted molar refractivity (Wildman–Crippen MR) is 74.5 cm³/mol. The highest BCUT2D eigenvalue weighted by Crippen LogP contribution is 2.28. The summed E-state index contributed by atoms with van der Waals surface area (Å²) in [6.07, 6.45) is 0. The molecule has 0 fully saturated rings. The molecule has 1 N–H and O–H groups in total. The molecule has 0 aliphatic rings. The SMILES string of the molecule is Cc1c(Cl)cccc1-c1nnc(SCC(=O)O)n1C. The number of carboxylic acid groups (broad SMARTS) is 1. The van der Waals surface area contributed by atoms with Gasteiger partial charge in [0, 0.05) is 17.6 Å². The minimum absolute atomic E-state index is 0.0412. The van der Waals surface area contributed by atoms with Crippen LogP contribution in [0.5, 0.6) is 0 Å². The lowest BCUT2D eigenvalue weighted by Crippen LogP contribution is -2.01. The van der Waals surface area contributed by atoms with Crippen molar-refractivity contribution in [3.05, 3.63) is 28.8 Å². The van der Waals surface area contributed by atoms with Gasteiger partial charge < -0.3 is 9.67 Å². The van der Waals surface area contributed by atoms with E-state index in [9.17, 15) is 4.79 Å². The number of halogens is 1. The van der Waals surface area contributed by atoms with E-state index in [1.54, 1.807) is 11.6 Å². The summed E-state index contributed by atoms with van der Waals surface area (Å²) in [4.78, 5) is 10.6. The van der Waals surface area contributed by atoms with Gasteiger partial charge in [-0.15, -0.1) is 10.2 Å². The van der Waals surface area contributed by atoms with Crippen molar-refractivity contribution in [2.75, 3.05) is 5.75 Å². The second kappa shape index (κ2) is 5.63. The van der Waals surface area contributed by atoms with E-state index < -0.39 is 5.97 Å². The van der Waals surface area contributed by atoms with Gasteiger partial charge in [-0.3, -0.25) is 4.79 Å². The molecule has 0 aliphatic heterocycles. The molecule has 19 heavy (non-hydrogen) atoms. The number of carboxylic acids is 1. The molecule has 2 rings (SSSR count). The standard InChI is InChI=1S/C12H12ClN3O2S/c1-7-8(4-3-5-9(7)13)11-14-15-12(16(11)2)19-6-10(17)18/h3-5H,6H2,1-2H3,(H,17,18). The highest BCUT2D eigenvalue weighted by Gasteiger charge is 2.14. The lowest BCUT2D eigenvalue weighted by molar-refractivity contribution is -0.133. The van der Waals surface area contributed by atoms with Gasteiger partial charge >= 0.3 is 5.97 Å². The van der Waals surface area contributed by atoms with Gasteiger partial charge in [0.1, 0.15) is 0 Å². The second-order valence-corrected chi connectivity index (χ2v) is 5.31. The Labute approximate surface area is 119 Å². The van der Waals surface area contributed by atoms with Crippen molar-refractivity contribution in [3.8, 4) is 11.4 Å². The van der Waals surface area contributed by atoms with Crippen LogP contribution in [-0.2, 0) is 11.8 Å². The molecule has 100 valence electrons. The second-order valence-electron chi connectivity index (χ2n) is 3.96. The van der Waals surface area contributed by atoms with Crippen LogP contribution in [0.15, 0.2) is 23.4 Å². The molecule has 1 aromatic carbocycles. The number of hydrogen-bond donors (Lipinski definition) is 1. The molecular formula is C12H12ClN3O2S. The van der Waals surface area contributed by atoms with E-state index in [4.69, 9.17) is 16.7 Å². The minimum atomic E-state index is -0.881. The molecule has 0 radical (unpaired) electrons. The van der Waals surface area contributed by atoms with Gasteiger partial charge in [0.25, 0.3) is 0 Å². The molecule has 1 heterocycles. The lowest BCUT2D eigenvalue weighted by atomic mass is 10.1. The molecule has 0 spiro atoms. The van der Waals surface area contributed by atoms with Crippen LogP contribution >= 0.6 is 23.4 Å². The van der Waals surface area contributed by atoms with Crippen molar-refractivity contribution < 1.29 is 9.90 Å². The quantitative estimate of drug-likeness (QED) is 0.879. The first-order chi connectivity index (χ1) is 9.00. The van der Waals surface area contributed by atoms with Crippen LogP contribution in [0.25, 0.3) is 11.4 Å². The third-order valence-electron chi connectivity index (χ3n) is 2.67. The van der Waals surface area contributed by atoms with Crippen molar-refractivity contribution >= 4 is 29.3 Å².